The Morgan fingerprint density at radius 3 is 2.55 bits per heavy atom. The lowest BCUT2D eigenvalue weighted by atomic mass is 9.92. The number of benzene rings is 2. The number of amides is 1. The van der Waals surface area contributed by atoms with Crippen LogP contribution in [0.1, 0.15) is 51.7 Å². The van der Waals surface area contributed by atoms with Crippen LogP contribution in [0.2, 0.25) is 0 Å². The van der Waals surface area contributed by atoms with Crippen molar-refractivity contribution in [2.24, 2.45) is 0 Å². The molecule has 0 spiro atoms. The fourth-order valence-corrected chi connectivity index (χ4v) is 5.39. The average molecular weight is 430 g/mol. The van der Waals surface area contributed by atoms with Gasteiger partial charge in [0.05, 0.1) is 17.4 Å². The van der Waals surface area contributed by atoms with Crippen LogP contribution in [0.25, 0.3) is 21.6 Å². The molecule has 2 aromatic carbocycles. The predicted octanol–water partition coefficient (Wildman–Crippen LogP) is 6.10. The molecule has 1 fully saturated rings. The molecule has 4 nitrogen and oxygen atoms in total. The molecule has 1 unspecified atom stereocenters. The second-order valence-corrected chi connectivity index (χ2v) is 9.91. The number of aromatic nitrogens is 2. The van der Waals surface area contributed by atoms with E-state index in [1.807, 2.05) is 11.9 Å². The first kappa shape index (κ1) is 20.0. The van der Waals surface area contributed by atoms with Gasteiger partial charge in [-0.3, -0.25) is 4.79 Å². The summed E-state index contributed by atoms with van der Waals surface area (Å²) < 4.78 is 0. The summed E-state index contributed by atoms with van der Waals surface area (Å²) in [7, 11) is 1.93. The minimum atomic E-state index is 0.133. The Morgan fingerprint density at radius 1 is 1.13 bits per heavy atom. The van der Waals surface area contributed by atoms with Gasteiger partial charge in [-0.2, -0.15) is 0 Å². The molecule has 0 bridgehead atoms. The number of hydrogen-bond donors (Lipinski definition) is 1. The Morgan fingerprint density at radius 2 is 1.90 bits per heavy atom. The first-order chi connectivity index (χ1) is 14.9. The Kier molecular flexibility index (Phi) is 4.94. The third-order valence-corrected chi connectivity index (χ3v) is 7.61. The molecule has 1 saturated heterocycles. The van der Waals surface area contributed by atoms with Crippen molar-refractivity contribution in [2.45, 2.75) is 46.1 Å². The first-order valence-electron chi connectivity index (χ1n) is 10.8. The largest absolute Gasteiger partial charge is 0.353 e. The van der Waals surface area contributed by atoms with E-state index in [2.05, 4.69) is 68.2 Å². The second-order valence-electron chi connectivity index (χ2n) is 8.70. The maximum Gasteiger partial charge on any atom is 0.222 e. The number of H-pyrrole nitrogens is 1. The number of carbonyl (C=O) groups excluding carboxylic acids is 1. The number of hydrogen-bond acceptors (Lipinski definition) is 3. The van der Waals surface area contributed by atoms with Crippen molar-refractivity contribution >= 4 is 28.1 Å². The number of aromatic amines is 1. The number of aryl methyl sites for hydroxylation is 3. The highest BCUT2D eigenvalue weighted by Crippen LogP contribution is 2.37. The molecule has 1 amide bonds. The minimum Gasteiger partial charge on any atom is -0.353 e. The van der Waals surface area contributed by atoms with E-state index < -0.39 is 0 Å². The van der Waals surface area contributed by atoms with Crippen LogP contribution < -0.4 is 0 Å². The van der Waals surface area contributed by atoms with Crippen molar-refractivity contribution in [3.05, 3.63) is 75.3 Å². The van der Waals surface area contributed by atoms with E-state index in [0.717, 1.165) is 34.8 Å². The molecule has 2 aromatic heterocycles. The lowest BCUT2D eigenvalue weighted by Crippen LogP contribution is -2.23. The van der Waals surface area contributed by atoms with Gasteiger partial charge in [0.15, 0.2) is 0 Å². The summed E-state index contributed by atoms with van der Waals surface area (Å²) in [4.78, 5) is 23.7. The summed E-state index contributed by atoms with van der Waals surface area (Å²) in [6.07, 6.45) is 2.36. The van der Waals surface area contributed by atoms with Gasteiger partial charge in [0, 0.05) is 29.2 Å². The summed E-state index contributed by atoms with van der Waals surface area (Å²) in [5.74, 6) is 0.229. The van der Waals surface area contributed by atoms with Gasteiger partial charge in [-0.15, -0.1) is 11.3 Å². The van der Waals surface area contributed by atoms with Gasteiger partial charge >= 0.3 is 0 Å². The highest BCUT2D eigenvalue weighted by atomic mass is 32.1. The van der Waals surface area contributed by atoms with Crippen molar-refractivity contribution in [3.8, 4) is 10.7 Å². The third kappa shape index (κ3) is 3.68. The molecule has 4 aromatic rings. The molecule has 1 atom stereocenters. The van der Waals surface area contributed by atoms with Crippen molar-refractivity contribution in [2.75, 3.05) is 7.05 Å². The molecule has 1 aliphatic heterocycles. The molecule has 1 N–H and O–H groups in total. The fourth-order valence-electron chi connectivity index (χ4n) is 4.51. The number of nitrogens with zero attached hydrogens (tertiary/aromatic N) is 2. The highest BCUT2D eigenvalue weighted by molar-refractivity contribution is 7.15. The molecule has 0 radical (unpaired) electrons. The summed E-state index contributed by atoms with van der Waals surface area (Å²) in [6, 6.07) is 15.6. The maximum absolute atomic E-state index is 12.3. The van der Waals surface area contributed by atoms with Crippen LogP contribution in [0, 0.1) is 20.8 Å². The zero-order chi connectivity index (χ0) is 21.7. The third-order valence-electron chi connectivity index (χ3n) is 6.51. The quantitative estimate of drug-likeness (QED) is 0.426. The topological polar surface area (TPSA) is 49.0 Å². The Balaban J connectivity index is 1.62. The zero-order valence-corrected chi connectivity index (χ0v) is 19.3. The molecule has 5 heteroatoms. The number of rotatable bonds is 4. The Hall–Kier alpha value is -2.92. The molecule has 0 saturated carbocycles. The Labute approximate surface area is 186 Å². The monoisotopic (exact) mass is 429 g/mol. The lowest BCUT2D eigenvalue weighted by Gasteiger charge is -2.23. The predicted molar refractivity (Wildman–Crippen MR) is 128 cm³/mol. The summed E-state index contributed by atoms with van der Waals surface area (Å²) >= 11 is 1.73. The standard InChI is InChI=1S/C26H27N3OS/c1-15-5-7-18(8-6-15)11-19-12-20-13-23(26-27-16(2)17(3)31-26)28-22(20)14-21(19)24-9-10-25(30)29(24)4/h5-8,12-14,24,28H,9-11H2,1-4H3. The molecular formula is C26H27N3OS. The number of fused-ring (bicyclic) bond motifs is 1. The summed E-state index contributed by atoms with van der Waals surface area (Å²) in [5, 5.41) is 2.22. The van der Waals surface area contributed by atoms with E-state index in [9.17, 15) is 4.79 Å². The van der Waals surface area contributed by atoms with E-state index in [-0.39, 0.29) is 11.9 Å². The van der Waals surface area contributed by atoms with Crippen LogP contribution in [0.3, 0.4) is 0 Å². The second kappa shape index (κ2) is 7.65. The summed E-state index contributed by atoms with van der Waals surface area (Å²) in [5.41, 5.74) is 8.36. The number of nitrogens with one attached hydrogen (secondary N) is 1. The smallest absolute Gasteiger partial charge is 0.222 e. The fraction of sp³-hybridized carbons (Fsp3) is 0.308. The van der Waals surface area contributed by atoms with Gasteiger partial charge in [-0.05, 0) is 68.5 Å². The van der Waals surface area contributed by atoms with Crippen LogP contribution in [-0.2, 0) is 11.2 Å². The van der Waals surface area contributed by atoms with E-state index in [1.54, 1.807) is 11.3 Å². The molecule has 31 heavy (non-hydrogen) atoms. The SMILES string of the molecule is Cc1ccc(Cc2cc3cc(-c4nc(C)c(C)s4)[nH]c3cc2C2CCC(=O)N2C)cc1. The van der Waals surface area contributed by atoms with Gasteiger partial charge in [-0.1, -0.05) is 29.8 Å². The van der Waals surface area contributed by atoms with Gasteiger partial charge in [0.2, 0.25) is 5.91 Å². The van der Waals surface area contributed by atoms with Crippen LogP contribution in [0.5, 0.6) is 0 Å². The van der Waals surface area contributed by atoms with Crippen LogP contribution >= 0.6 is 11.3 Å². The molecule has 3 heterocycles. The molecule has 0 aliphatic carbocycles. The zero-order valence-electron chi connectivity index (χ0n) is 18.5. The van der Waals surface area contributed by atoms with E-state index in [4.69, 9.17) is 4.98 Å². The lowest BCUT2D eigenvalue weighted by molar-refractivity contribution is -0.127. The van der Waals surface area contributed by atoms with Crippen molar-refractivity contribution in [3.63, 3.8) is 0 Å². The number of likely N-dealkylation sites (tertiary alicyclic amines) is 1. The number of carbonyl (C=O) groups is 1. The van der Waals surface area contributed by atoms with Crippen molar-refractivity contribution < 1.29 is 4.79 Å². The molecular weight excluding hydrogens is 402 g/mol. The first-order valence-corrected chi connectivity index (χ1v) is 11.6. The molecule has 5 rings (SSSR count). The minimum absolute atomic E-state index is 0.133. The van der Waals surface area contributed by atoms with Gasteiger partial charge in [0.1, 0.15) is 5.01 Å². The van der Waals surface area contributed by atoms with Gasteiger partial charge in [0.25, 0.3) is 0 Å². The van der Waals surface area contributed by atoms with Crippen LogP contribution in [0.15, 0.2) is 42.5 Å². The maximum atomic E-state index is 12.3. The molecule has 1 aliphatic rings. The normalized spacial score (nSPS) is 16.6. The van der Waals surface area contributed by atoms with Crippen LogP contribution in [0.4, 0.5) is 0 Å². The highest BCUT2D eigenvalue weighted by Gasteiger charge is 2.30. The van der Waals surface area contributed by atoms with E-state index in [1.165, 1.54) is 32.5 Å². The average Bonchev–Trinajstić information content (AvgIpc) is 3.41. The number of thiazole rings is 1. The van der Waals surface area contributed by atoms with Crippen molar-refractivity contribution in [1.82, 2.24) is 14.9 Å². The van der Waals surface area contributed by atoms with Crippen LogP contribution in [-0.4, -0.2) is 27.8 Å². The van der Waals surface area contributed by atoms with E-state index in [0.29, 0.717) is 6.42 Å². The summed E-state index contributed by atoms with van der Waals surface area (Å²) in [6.45, 7) is 6.29. The molecule has 158 valence electrons. The van der Waals surface area contributed by atoms with Gasteiger partial charge in [-0.25, -0.2) is 4.98 Å². The Bertz CT molecular complexity index is 1260. The van der Waals surface area contributed by atoms with Crippen molar-refractivity contribution in [1.29, 1.82) is 0 Å². The van der Waals surface area contributed by atoms with E-state index >= 15 is 0 Å². The van der Waals surface area contributed by atoms with Gasteiger partial charge < -0.3 is 9.88 Å².